The smallest absolute Gasteiger partial charge is 0.337 e. The fourth-order valence-electron chi connectivity index (χ4n) is 3.48. The van der Waals surface area contributed by atoms with Crippen LogP contribution in [0.4, 0.5) is 5.13 Å². The van der Waals surface area contributed by atoms with Crippen molar-refractivity contribution in [1.29, 1.82) is 0 Å². The van der Waals surface area contributed by atoms with Crippen LogP contribution in [0.15, 0.2) is 54.6 Å². The Morgan fingerprint density at radius 2 is 1.58 bits per heavy atom. The number of thiazole rings is 1. The Labute approximate surface area is 195 Å². The van der Waals surface area contributed by atoms with Gasteiger partial charge >= 0.3 is 5.97 Å². The first-order valence-corrected chi connectivity index (χ1v) is 11.0. The van der Waals surface area contributed by atoms with E-state index in [0.717, 1.165) is 32.0 Å². The number of aromatic nitrogens is 1. The van der Waals surface area contributed by atoms with Gasteiger partial charge in [-0.1, -0.05) is 29.5 Å². The molecule has 1 aromatic heterocycles. The summed E-state index contributed by atoms with van der Waals surface area (Å²) in [6.07, 6.45) is 0. The minimum Gasteiger partial charge on any atom is -0.493 e. The van der Waals surface area contributed by atoms with Gasteiger partial charge in [-0.15, -0.1) is 0 Å². The Balaban J connectivity index is 1.55. The van der Waals surface area contributed by atoms with E-state index < -0.39 is 0 Å². The molecule has 0 saturated heterocycles. The fourth-order valence-corrected chi connectivity index (χ4v) is 4.33. The van der Waals surface area contributed by atoms with Crippen LogP contribution in [0.25, 0.3) is 21.3 Å². The van der Waals surface area contributed by atoms with Crippen molar-refractivity contribution in [3.05, 3.63) is 65.7 Å². The van der Waals surface area contributed by atoms with Crippen molar-refractivity contribution in [2.24, 2.45) is 0 Å². The predicted molar refractivity (Wildman–Crippen MR) is 130 cm³/mol. The van der Waals surface area contributed by atoms with E-state index >= 15 is 0 Å². The molecule has 0 aliphatic heterocycles. The molecule has 4 aromatic rings. The number of nitrogens with zero attached hydrogens (tertiary/aromatic N) is 1. The van der Waals surface area contributed by atoms with Crippen molar-refractivity contribution >= 4 is 32.7 Å². The highest BCUT2D eigenvalue weighted by Gasteiger charge is 2.15. The van der Waals surface area contributed by atoms with Crippen molar-refractivity contribution in [2.45, 2.75) is 6.54 Å². The Kier molecular flexibility index (Phi) is 6.65. The molecule has 0 fully saturated rings. The van der Waals surface area contributed by atoms with E-state index in [4.69, 9.17) is 23.9 Å². The summed E-state index contributed by atoms with van der Waals surface area (Å²) in [6.45, 7) is 0.598. The molecule has 8 heteroatoms. The number of rotatable bonds is 8. The topological polar surface area (TPSA) is 78.9 Å². The molecule has 0 amide bonds. The maximum atomic E-state index is 11.6. The number of esters is 1. The molecule has 0 radical (unpaired) electrons. The molecule has 33 heavy (non-hydrogen) atoms. The van der Waals surface area contributed by atoms with Crippen LogP contribution >= 0.6 is 11.3 Å². The Morgan fingerprint density at radius 1 is 0.879 bits per heavy atom. The van der Waals surface area contributed by atoms with Gasteiger partial charge in [0.25, 0.3) is 0 Å². The lowest BCUT2D eigenvalue weighted by Crippen LogP contribution is -2.02. The van der Waals surface area contributed by atoms with E-state index in [1.54, 1.807) is 44.8 Å². The van der Waals surface area contributed by atoms with Gasteiger partial charge < -0.3 is 24.3 Å². The third-order valence-corrected chi connectivity index (χ3v) is 6.20. The van der Waals surface area contributed by atoms with Gasteiger partial charge in [-0.05, 0) is 53.1 Å². The summed E-state index contributed by atoms with van der Waals surface area (Å²) in [6, 6.07) is 17.3. The molecule has 1 heterocycles. The molecule has 0 aliphatic carbocycles. The van der Waals surface area contributed by atoms with Gasteiger partial charge in [-0.2, -0.15) is 0 Å². The maximum Gasteiger partial charge on any atom is 0.337 e. The van der Waals surface area contributed by atoms with Crippen LogP contribution in [0, 0.1) is 0 Å². The summed E-state index contributed by atoms with van der Waals surface area (Å²) < 4.78 is 22.2. The second kappa shape index (κ2) is 9.79. The van der Waals surface area contributed by atoms with Crippen molar-refractivity contribution in [3.8, 4) is 28.4 Å². The summed E-state index contributed by atoms with van der Waals surface area (Å²) in [4.78, 5) is 16.3. The highest BCUT2D eigenvalue weighted by molar-refractivity contribution is 7.22. The van der Waals surface area contributed by atoms with E-state index in [1.165, 1.54) is 7.11 Å². The predicted octanol–water partition coefficient (Wildman–Crippen LogP) is 5.39. The normalized spacial score (nSPS) is 10.7. The average Bonchev–Trinajstić information content (AvgIpc) is 3.28. The molecular formula is C25H24N2O5S. The molecule has 1 N–H and O–H groups in total. The molecule has 0 spiro atoms. The van der Waals surface area contributed by atoms with Crippen molar-refractivity contribution in [1.82, 2.24) is 4.98 Å². The number of hydrogen-bond acceptors (Lipinski definition) is 8. The number of carbonyl (C=O) groups excluding carboxylic acids is 1. The zero-order chi connectivity index (χ0) is 23.4. The van der Waals surface area contributed by atoms with Crippen LogP contribution in [0.2, 0.25) is 0 Å². The lowest BCUT2D eigenvalue weighted by molar-refractivity contribution is 0.0600. The van der Waals surface area contributed by atoms with Gasteiger partial charge in [-0.25, -0.2) is 9.78 Å². The zero-order valence-corrected chi connectivity index (χ0v) is 19.6. The highest BCUT2D eigenvalue weighted by atomic mass is 32.1. The average molecular weight is 465 g/mol. The number of hydrogen-bond donors (Lipinski definition) is 1. The van der Waals surface area contributed by atoms with Gasteiger partial charge in [0.15, 0.2) is 16.6 Å². The van der Waals surface area contributed by atoms with E-state index in [9.17, 15) is 4.79 Å². The van der Waals surface area contributed by atoms with Crippen LogP contribution in [-0.2, 0) is 11.3 Å². The van der Waals surface area contributed by atoms with E-state index in [1.807, 2.05) is 30.3 Å². The molecule has 0 unspecified atom stereocenters. The molecule has 4 rings (SSSR count). The number of nitrogens with one attached hydrogen (secondary N) is 1. The third-order valence-electron chi connectivity index (χ3n) is 5.20. The van der Waals surface area contributed by atoms with Crippen LogP contribution in [0.5, 0.6) is 17.2 Å². The quantitative estimate of drug-likeness (QED) is 0.350. The summed E-state index contributed by atoms with van der Waals surface area (Å²) >= 11 is 1.59. The fraction of sp³-hybridized carbons (Fsp3) is 0.200. The second-order valence-electron chi connectivity index (χ2n) is 7.16. The van der Waals surface area contributed by atoms with Crippen LogP contribution in [0.3, 0.4) is 0 Å². The lowest BCUT2D eigenvalue weighted by atomic mass is 10.0. The molecule has 0 atom stereocenters. The van der Waals surface area contributed by atoms with Gasteiger partial charge in [0.1, 0.15) is 0 Å². The molecule has 0 bridgehead atoms. The van der Waals surface area contributed by atoms with Gasteiger partial charge in [0.05, 0.1) is 44.2 Å². The number of ether oxygens (including phenoxy) is 4. The molecule has 0 aliphatic rings. The summed E-state index contributed by atoms with van der Waals surface area (Å²) in [5.41, 5.74) is 4.41. The van der Waals surface area contributed by atoms with Gasteiger partial charge in [0, 0.05) is 6.54 Å². The molecule has 0 saturated carbocycles. The zero-order valence-electron chi connectivity index (χ0n) is 18.8. The maximum absolute atomic E-state index is 11.6. The van der Waals surface area contributed by atoms with E-state index in [2.05, 4.69) is 17.4 Å². The monoisotopic (exact) mass is 464 g/mol. The SMILES string of the molecule is COC(=O)c1ccc(CNc2nc3cc(-c4cc(OC)c(OC)c(OC)c4)ccc3s2)cc1. The molecule has 7 nitrogen and oxygen atoms in total. The van der Waals surface area contributed by atoms with Crippen molar-refractivity contribution in [3.63, 3.8) is 0 Å². The number of anilines is 1. The highest BCUT2D eigenvalue weighted by Crippen LogP contribution is 2.42. The Hall–Kier alpha value is -3.78. The van der Waals surface area contributed by atoms with Crippen molar-refractivity contribution in [2.75, 3.05) is 33.8 Å². The molecule has 170 valence electrons. The second-order valence-corrected chi connectivity index (χ2v) is 8.19. The summed E-state index contributed by atoms with van der Waals surface area (Å²) in [7, 11) is 6.17. The minimum atomic E-state index is -0.344. The first-order valence-electron chi connectivity index (χ1n) is 10.2. The first-order chi connectivity index (χ1) is 16.1. The number of methoxy groups -OCH3 is 4. The number of fused-ring (bicyclic) bond motifs is 1. The van der Waals surface area contributed by atoms with Gasteiger partial charge in [-0.3, -0.25) is 0 Å². The first kappa shape index (κ1) is 22.4. The van der Waals surface area contributed by atoms with Gasteiger partial charge in [0.2, 0.25) is 5.75 Å². The van der Waals surface area contributed by atoms with E-state index in [0.29, 0.717) is 29.4 Å². The number of carbonyl (C=O) groups is 1. The Morgan fingerprint density at radius 3 is 2.18 bits per heavy atom. The van der Waals surface area contributed by atoms with E-state index in [-0.39, 0.29) is 5.97 Å². The minimum absolute atomic E-state index is 0.344. The van der Waals surface area contributed by atoms with Crippen molar-refractivity contribution < 1.29 is 23.7 Å². The molecular weight excluding hydrogens is 440 g/mol. The molecule has 3 aromatic carbocycles. The lowest BCUT2D eigenvalue weighted by Gasteiger charge is -2.14. The summed E-state index contributed by atoms with van der Waals surface area (Å²) in [5.74, 6) is 1.42. The van der Waals surface area contributed by atoms with Crippen LogP contribution in [0.1, 0.15) is 15.9 Å². The number of benzene rings is 3. The summed E-state index contributed by atoms with van der Waals surface area (Å²) in [5, 5.41) is 4.18. The standard InChI is InChI=1S/C25H24N2O5S/c1-29-20-12-18(13-21(30-2)23(20)31-3)17-9-10-22-19(11-17)27-25(33-22)26-14-15-5-7-16(8-6-15)24(28)32-4/h5-13H,14H2,1-4H3,(H,26,27). The van der Waals surface area contributed by atoms with Crippen LogP contribution < -0.4 is 19.5 Å². The Bertz CT molecular complexity index is 1260. The third kappa shape index (κ3) is 4.70. The van der Waals surface area contributed by atoms with Crippen LogP contribution in [-0.4, -0.2) is 39.4 Å². The largest absolute Gasteiger partial charge is 0.493 e.